The maximum atomic E-state index is 9.24. The van der Waals surface area contributed by atoms with Crippen LogP contribution in [0.25, 0.3) is 16.8 Å². The van der Waals surface area contributed by atoms with Gasteiger partial charge in [0.15, 0.2) is 0 Å². The second-order valence-corrected chi connectivity index (χ2v) is 7.53. The molecule has 0 aliphatic rings. The first kappa shape index (κ1) is 14.6. The molecule has 23 heavy (non-hydrogen) atoms. The number of aliphatic hydroxyl groups is 1. The minimum atomic E-state index is 0.0992. The summed E-state index contributed by atoms with van der Waals surface area (Å²) in [5.74, 6) is 0. The molecule has 0 unspecified atom stereocenters. The molecule has 0 bridgehead atoms. The highest BCUT2D eigenvalue weighted by Crippen LogP contribution is 2.27. The van der Waals surface area contributed by atoms with E-state index in [-0.39, 0.29) is 6.61 Å². The lowest BCUT2D eigenvalue weighted by Gasteiger charge is -2.02. The van der Waals surface area contributed by atoms with E-state index < -0.39 is 0 Å². The number of rotatable bonds is 4. The molecule has 3 nitrogen and oxygen atoms in total. The van der Waals surface area contributed by atoms with Gasteiger partial charge in [-0.2, -0.15) is 0 Å². The maximum absolute atomic E-state index is 9.24. The zero-order valence-electron chi connectivity index (χ0n) is 12.7. The normalized spacial score (nSPS) is 11.4. The number of fused-ring (bicyclic) bond motifs is 1. The van der Waals surface area contributed by atoms with Crippen molar-refractivity contribution in [3.8, 4) is 11.1 Å². The molecule has 0 saturated heterocycles. The molecular formula is C18H16N2OS2. The third-order valence-corrected chi connectivity index (χ3v) is 5.82. The van der Waals surface area contributed by atoms with Crippen LogP contribution in [0.5, 0.6) is 0 Å². The molecule has 4 heterocycles. The molecule has 0 radical (unpaired) electrons. The fourth-order valence-electron chi connectivity index (χ4n) is 2.74. The van der Waals surface area contributed by atoms with Crippen LogP contribution in [0.2, 0.25) is 0 Å². The topological polar surface area (TPSA) is 37.5 Å². The predicted octanol–water partition coefficient (Wildman–Crippen LogP) is 4.52. The number of hydrogen-bond donors (Lipinski definition) is 1. The predicted molar refractivity (Wildman–Crippen MR) is 96.3 cm³/mol. The van der Waals surface area contributed by atoms with Gasteiger partial charge in [-0.15, -0.1) is 22.7 Å². The highest BCUT2D eigenvalue weighted by Gasteiger charge is 2.11. The van der Waals surface area contributed by atoms with Crippen molar-refractivity contribution < 1.29 is 5.11 Å². The molecule has 4 rings (SSSR count). The SMILES string of the molecule is Cc1c(Cc2cccs2)nc2ccc(-c3csc(CO)c3)cn12. The maximum Gasteiger partial charge on any atom is 0.137 e. The summed E-state index contributed by atoms with van der Waals surface area (Å²) in [4.78, 5) is 7.10. The van der Waals surface area contributed by atoms with Gasteiger partial charge in [-0.25, -0.2) is 4.98 Å². The van der Waals surface area contributed by atoms with Gasteiger partial charge in [0.2, 0.25) is 0 Å². The Hall–Kier alpha value is -1.95. The smallest absolute Gasteiger partial charge is 0.137 e. The second kappa shape index (κ2) is 5.92. The first-order valence-electron chi connectivity index (χ1n) is 7.43. The van der Waals surface area contributed by atoms with Crippen LogP contribution < -0.4 is 0 Å². The molecule has 0 aliphatic carbocycles. The van der Waals surface area contributed by atoms with Crippen LogP contribution in [-0.2, 0) is 13.0 Å². The number of pyridine rings is 1. The number of imidazole rings is 1. The molecule has 4 aromatic rings. The van der Waals surface area contributed by atoms with E-state index in [2.05, 4.69) is 52.5 Å². The van der Waals surface area contributed by atoms with Crippen molar-refractivity contribution >= 4 is 28.3 Å². The number of aromatic nitrogens is 2. The first-order chi connectivity index (χ1) is 11.2. The lowest BCUT2D eigenvalue weighted by Crippen LogP contribution is -1.91. The largest absolute Gasteiger partial charge is 0.391 e. The van der Waals surface area contributed by atoms with Crippen molar-refractivity contribution in [2.75, 3.05) is 0 Å². The molecule has 5 heteroatoms. The monoisotopic (exact) mass is 340 g/mol. The average molecular weight is 340 g/mol. The number of thiophene rings is 2. The van der Waals surface area contributed by atoms with Gasteiger partial charge in [-0.3, -0.25) is 0 Å². The van der Waals surface area contributed by atoms with Crippen molar-refractivity contribution in [3.63, 3.8) is 0 Å². The van der Waals surface area contributed by atoms with E-state index in [1.807, 2.05) is 6.07 Å². The third-order valence-electron chi connectivity index (χ3n) is 4.02. The van der Waals surface area contributed by atoms with E-state index in [1.165, 1.54) is 10.6 Å². The molecule has 0 atom stereocenters. The highest BCUT2D eigenvalue weighted by molar-refractivity contribution is 7.10. The molecule has 0 aromatic carbocycles. The molecule has 0 spiro atoms. The van der Waals surface area contributed by atoms with E-state index in [0.717, 1.165) is 33.8 Å². The summed E-state index contributed by atoms with van der Waals surface area (Å²) in [5, 5.41) is 13.4. The van der Waals surface area contributed by atoms with Crippen LogP contribution >= 0.6 is 22.7 Å². The van der Waals surface area contributed by atoms with Crippen molar-refractivity contribution in [1.82, 2.24) is 9.38 Å². The van der Waals surface area contributed by atoms with Crippen molar-refractivity contribution in [1.29, 1.82) is 0 Å². The fourth-order valence-corrected chi connectivity index (χ4v) is 4.20. The Bertz CT molecular complexity index is 951. The number of hydrogen-bond acceptors (Lipinski definition) is 4. The summed E-state index contributed by atoms with van der Waals surface area (Å²) in [6, 6.07) is 10.4. The zero-order valence-corrected chi connectivity index (χ0v) is 14.3. The van der Waals surface area contributed by atoms with Crippen LogP contribution in [0.15, 0.2) is 47.3 Å². The van der Waals surface area contributed by atoms with Crippen LogP contribution in [0.1, 0.15) is 21.1 Å². The van der Waals surface area contributed by atoms with E-state index in [1.54, 1.807) is 22.7 Å². The van der Waals surface area contributed by atoms with Gasteiger partial charge in [-0.1, -0.05) is 6.07 Å². The summed E-state index contributed by atoms with van der Waals surface area (Å²) in [5.41, 5.74) is 5.60. The Labute approximate surface area is 142 Å². The fraction of sp³-hybridized carbons (Fsp3) is 0.167. The van der Waals surface area contributed by atoms with Crippen LogP contribution in [0.3, 0.4) is 0 Å². The molecule has 1 N–H and O–H groups in total. The second-order valence-electron chi connectivity index (χ2n) is 5.51. The van der Waals surface area contributed by atoms with Gasteiger partial charge >= 0.3 is 0 Å². The van der Waals surface area contributed by atoms with E-state index in [4.69, 9.17) is 4.98 Å². The van der Waals surface area contributed by atoms with Gasteiger partial charge in [0.05, 0.1) is 12.3 Å². The minimum absolute atomic E-state index is 0.0992. The van der Waals surface area contributed by atoms with Gasteiger partial charge in [0.25, 0.3) is 0 Å². The lowest BCUT2D eigenvalue weighted by molar-refractivity contribution is 0.285. The Morgan fingerprint density at radius 1 is 1.13 bits per heavy atom. The summed E-state index contributed by atoms with van der Waals surface area (Å²) in [6.07, 6.45) is 3.02. The lowest BCUT2D eigenvalue weighted by atomic mass is 10.1. The standard InChI is InChI=1S/C18H16N2OS2/c1-12-17(8-15-3-2-6-22-15)19-18-5-4-13(9-20(12)18)14-7-16(10-21)23-11-14/h2-7,9,11,21H,8,10H2,1H3. The summed E-state index contributed by atoms with van der Waals surface area (Å²) in [7, 11) is 0. The Morgan fingerprint density at radius 3 is 2.78 bits per heavy atom. The van der Waals surface area contributed by atoms with Crippen molar-refractivity contribution in [2.24, 2.45) is 0 Å². The molecule has 0 amide bonds. The van der Waals surface area contributed by atoms with Crippen LogP contribution in [0.4, 0.5) is 0 Å². The van der Waals surface area contributed by atoms with E-state index >= 15 is 0 Å². The summed E-state index contributed by atoms with van der Waals surface area (Å²) >= 11 is 3.36. The first-order valence-corrected chi connectivity index (χ1v) is 9.19. The van der Waals surface area contributed by atoms with Gasteiger partial charge in [0.1, 0.15) is 5.65 Å². The molecular weight excluding hydrogens is 324 g/mol. The van der Waals surface area contributed by atoms with Gasteiger partial charge < -0.3 is 9.51 Å². The van der Waals surface area contributed by atoms with Gasteiger partial charge in [-0.05, 0) is 53.1 Å². The Balaban J connectivity index is 1.74. The van der Waals surface area contributed by atoms with Crippen LogP contribution in [-0.4, -0.2) is 14.5 Å². The summed E-state index contributed by atoms with van der Waals surface area (Å²) < 4.78 is 2.16. The Morgan fingerprint density at radius 2 is 2.04 bits per heavy atom. The number of nitrogens with zero attached hydrogens (tertiary/aromatic N) is 2. The molecule has 116 valence electrons. The van der Waals surface area contributed by atoms with Gasteiger partial charge in [0, 0.05) is 28.1 Å². The third kappa shape index (κ3) is 2.72. The molecule has 0 saturated carbocycles. The highest BCUT2D eigenvalue weighted by atomic mass is 32.1. The van der Waals surface area contributed by atoms with Crippen LogP contribution in [0, 0.1) is 6.92 Å². The average Bonchev–Trinajstić information content (AvgIpc) is 3.29. The Kier molecular flexibility index (Phi) is 3.77. The minimum Gasteiger partial charge on any atom is -0.391 e. The zero-order chi connectivity index (χ0) is 15.8. The molecule has 0 aliphatic heterocycles. The van der Waals surface area contributed by atoms with Crippen molar-refractivity contribution in [2.45, 2.75) is 20.0 Å². The summed E-state index contributed by atoms with van der Waals surface area (Å²) in [6.45, 7) is 2.22. The van der Waals surface area contributed by atoms with Crippen molar-refractivity contribution in [3.05, 3.63) is 68.4 Å². The van der Waals surface area contributed by atoms with E-state index in [0.29, 0.717) is 0 Å². The number of aryl methyl sites for hydroxylation is 1. The molecule has 0 fully saturated rings. The van der Waals surface area contributed by atoms with E-state index in [9.17, 15) is 5.11 Å². The molecule has 4 aromatic heterocycles. The number of aliphatic hydroxyl groups excluding tert-OH is 1. The quantitative estimate of drug-likeness (QED) is 0.593.